The summed E-state index contributed by atoms with van der Waals surface area (Å²) >= 11 is 0. The zero-order valence-electron chi connectivity index (χ0n) is 21.4. The molecule has 36 heavy (non-hydrogen) atoms. The van der Waals surface area contributed by atoms with Gasteiger partial charge in [-0.15, -0.1) is 0 Å². The number of aromatic nitrogens is 3. The summed E-state index contributed by atoms with van der Waals surface area (Å²) in [6.07, 6.45) is 5.53. The molecule has 1 fully saturated rings. The number of aromatic hydroxyl groups is 1. The second kappa shape index (κ2) is 13.3. The number of piperidine rings is 1. The van der Waals surface area contributed by atoms with Crippen molar-refractivity contribution in [2.45, 2.75) is 64.3 Å². The summed E-state index contributed by atoms with van der Waals surface area (Å²) in [6.45, 7) is 8.14. The summed E-state index contributed by atoms with van der Waals surface area (Å²) in [5.41, 5.74) is 2.75. The van der Waals surface area contributed by atoms with Gasteiger partial charge in [-0.05, 0) is 57.9 Å². The minimum atomic E-state index is -0.185. The molecular formula is C27H39N5O4. The second-order valence-electron chi connectivity index (χ2n) is 9.39. The monoisotopic (exact) mass is 497 g/mol. The number of phenols is 1. The lowest BCUT2D eigenvalue weighted by Gasteiger charge is -2.29. The number of imidazole rings is 1. The molecule has 3 heterocycles. The number of pyridine rings is 1. The summed E-state index contributed by atoms with van der Waals surface area (Å²) in [5.74, 6) is 1.22. The molecule has 0 bridgehead atoms. The van der Waals surface area contributed by atoms with Gasteiger partial charge in [-0.25, -0.2) is 4.98 Å². The lowest BCUT2D eigenvalue weighted by atomic mass is 10.0. The number of aryl methyl sites for hydroxylation is 3. The van der Waals surface area contributed by atoms with Crippen LogP contribution in [0.15, 0.2) is 41.3 Å². The van der Waals surface area contributed by atoms with Crippen LogP contribution in [0.25, 0.3) is 11.0 Å². The van der Waals surface area contributed by atoms with Gasteiger partial charge in [-0.1, -0.05) is 6.07 Å². The molecule has 0 amide bonds. The molecule has 1 atom stereocenters. The molecule has 1 aromatic carbocycles. The first kappa shape index (κ1) is 27.6. The number of fused-ring (bicyclic) bond motifs is 1. The first-order valence-corrected chi connectivity index (χ1v) is 12.7. The SMILES string of the molecule is C=O.CNC(C)CCc1c(O)ccc2c1nc(CCn1ccccc1=O)n2CCN1CCC(O)CC1. The van der Waals surface area contributed by atoms with Gasteiger partial charge in [0.25, 0.3) is 5.56 Å². The van der Waals surface area contributed by atoms with Crippen molar-refractivity contribution in [2.24, 2.45) is 0 Å². The van der Waals surface area contributed by atoms with E-state index in [9.17, 15) is 15.0 Å². The second-order valence-corrected chi connectivity index (χ2v) is 9.39. The van der Waals surface area contributed by atoms with Crippen LogP contribution in [0.3, 0.4) is 0 Å². The van der Waals surface area contributed by atoms with E-state index in [1.807, 2.05) is 32.2 Å². The number of hydrogen-bond acceptors (Lipinski definition) is 7. The lowest BCUT2D eigenvalue weighted by molar-refractivity contribution is -0.0980. The van der Waals surface area contributed by atoms with Gasteiger partial charge in [0.1, 0.15) is 18.4 Å². The van der Waals surface area contributed by atoms with Crippen molar-refractivity contribution in [3.05, 3.63) is 58.3 Å². The fourth-order valence-corrected chi connectivity index (χ4v) is 4.73. The average Bonchev–Trinajstić information content (AvgIpc) is 3.25. The zero-order valence-corrected chi connectivity index (χ0v) is 21.4. The summed E-state index contributed by atoms with van der Waals surface area (Å²) < 4.78 is 3.96. The Hall–Kier alpha value is -3.01. The van der Waals surface area contributed by atoms with Crippen LogP contribution in [0.5, 0.6) is 5.75 Å². The topological polar surface area (TPSA) is 113 Å². The van der Waals surface area contributed by atoms with Crippen molar-refractivity contribution in [1.29, 1.82) is 0 Å². The molecule has 3 N–H and O–H groups in total. The van der Waals surface area contributed by atoms with Crippen molar-refractivity contribution in [3.63, 3.8) is 0 Å². The minimum absolute atomic E-state index is 0.0172. The van der Waals surface area contributed by atoms with Crippen molar-refractivity contribution in [1.82, 2.24) is 24.3 Å². The standard InChI is InChI=1S/C26H37N5O3.CH2O/c1-19(27-2)6-7-21-23(33)9-8-22-26(21)28-24(12-16-30-13-4-3-5-25(30)34)31(22)18-17-29-14-10-20(32)11-15-29;1-2/h3-5,8-9,13,19-20,27,32-33H,6-7,10-12,14-18H2,1-2H3;1H2. The maximum Gasteiger partial charge on any atom is 0.250 e. The van der Waals surface area contributed by atoms with E-state index in [1.54, 1.807) is 22.8 Å². The van der Waals surface area contributed by atoms with Crippen LogP contribution >= 0.6 is 0 Å². The number of hydrogen-bond donors (Lipinski definition) is 3. The average molecular weight is 498 g/mol. The Bertz CT molecular complexity index is 1170. The van der Waals surface area contributed by atoms with Gasteiger partial charge in [0.15, 0.2) is 0 Å². The first-order valence-electron chi connectivity index (χ1n) is 12.7. The number of nitrogens with zero attached hydrogens (tertiary/aromatic N) is 4. The third-order valence-electron chi connectivity index (χ3n) is 7.07. The fourth-order valence-electron chi connectivity index (χ4n) is 4.73. The number of phenolic OH excluding ortho intramolecular Hbond substituents is 1. The predicted octanol–water partition coefficient (Wildman–Crippen LogP) is 1.96. The van der Waals surface area contributed by atoms with E-state index in [1.165, 1.54) is 0 Å². The van der Waals surface area contributed by atoms with E-state index in [2.05, 4.69) is 21.7 Å². The van der Waals surface area contributed by atoms with E-state index >= 15 is 0 Å². The van der Waals surface area contributed by atoms with E-state index in [4.69, 9.17) is 9.78 Å². The molecule has 0 saturated carbocycles. The number of rotatable bonds is 10. The Morgan fingerprint density at radius 3 is 2.56 bits per heavy atom. The fraction of sp³-hybridized carbons (Fsp3) is 0.519. The summed E-state index contributed by atoms with van der Waals surface area (Å²) in [4.78, 5) is 27.6. The van der Waals surface area contributed by atoms with Crippen LogP contribution in [-0.2, 0) is 30.7 Å². The lowest BCUT2D eigenvalue weighted by Crippen LogP contribution is -2.37. The molecule has 196 valence electrons. The molecule has 1 saturated heterocycles. The van der Waals surface area contributed by atoms with E-state index in [0.717, 1.165) is 74.3 Å². The molecule has 3 aromatic rings. The normalized spacial score (nSPS) is 15.5. The Morgan fingerprint density at radius 2 is 1.86 bits per heavy atom. The molecule has 2 aromatic heterocycles. The molecule has 9 nitrogen and oxygen atoms in total. The van der Waals surface area contributed by atoms with Crippen molar-refractivity contribution in [3.8, 4) is 5.75 Å². The van der Waals surface area contributed by atoms with E-state index < -0.39 is 0 Å². The van der Waals surface area contributed by atoms with Gasteiger partial charge in [0.05, 0.1) is 17.1 Å². The Morgan fingerprint density at radius 1 is 1.11 bits per heavy atom. The molecule has 1 aliphatic rings. The number of nitrogens with one attached hydrogen (secondary N) is 1. The van der Waals surface area contributed by atoms with Gasteiger partial charge in [-0.2, -0.15) is 0 Å². The van der Waals surface area contributed by atoms with Crippen molar-refractivity contribution >= 4 is 17.8 Å². The Kier molecular flexibility index (Phi) is 10.2. The van der Waals surface area contributed by atoms with Gasteiger partial charge in [-0.3, -0.25) is 4.79 Å². The third-order valence-corrected chi connectivity index (χ3v) is 7.07. The maximum atomic E-state index is 12.2. The Balaban J connectivity index is 0.00000176. The van der Waals surface area contributed by atoms with Gasteiger partial charge in [0.2, 0.25) is 0 Å². The van der Waals surface area contributed by atoms with Gasteiger partial charge in [0, 0.05) is 63.0 Å². The van der Waals surface area contributed by atoms with E-state index in [0.29, 0.717) is 19.0 Å². The molecule has 1 aliphatic heterocycles. The van der Waals surface area contributed by atoms with Crippen molar-refractivity contribution in [2.75, 3.05) is 26.7 Å². The number of aliphatic hydroxyl groups is 1. The highest BCUT2D eigenvalue weighted by Crippen LogP contribution is 2.29. The van der Waals surface area contributed by atoms with Crippen LogP contribution in [-0.4, -0.2) is 74.8 Å². The first-order chi connectivity index (χ1) is 17.5. The number of likely N-dealkylation sites (tertiary alicyclic amines) is 1. The highest BCUT2D eigenvalue weighted by atomic mass is 16.3. The molecular weight excluding hydrogens is 458 g/mol. The van der Waals surface area contributed by atoms with Crippen LogP contribution in [0.2, 0.25) is 0 Å². The van der Waals surface area contributed by atoms with E-state index in [-0.39, 0.29) is 17.4 Å². The van der Waals surface area contributed by atoms with Gasteiger partial charge < -0.3 is 34.4 Å². The molecule has 0 aliphatic carbocycles. The molecule has 4 rings (SSSR count). The van der Waals surface area contributed by atoms with Crippen LogP contribution in [0, 0.1) is 0 Å². The molecule has 1 unspecified atom stereocenters. The van der Waals surface area contributed by atoms with Crippen molar-refractivity contribution < 1.29 is 15.0 Å². The largest absolute Gasteiger partial charge is 0.508 e. The molecule has 0 radical (unpaired) electrons. The predicted molar refractivity (Wildman–Crippen MR) is 141 cm³/mol. The number of aliphatic hydroxyl groups excluding tert-OH is 1. The molecule has 9 heteroatoms. The summed E-state index contributed by atoms with van der Waals surface area (Å²) in [5, 5.41) is 23.7. The third kappa shape index (κ3) is 6.81. The highest BCUT2D eigenvalue weighted by Gasteiger charge is 2.20. The maximum absolute atomic E-state index is 12.2. The Labute approximate surface area is 212 Å². The number of benzene rings is 1. The van der Waals surface area contributed by atoms with Gasteiger partial charge >= 0.3 is 0 Å². The summed E-state index contributed by atoms with van der Waals surface area (Å²) in [6, 6.07) is 9.28. The quantitative estimate of drug-likeness (QED) is 0.393. The van der Waals surface area contributed by atoms with Crippen LogP contribution in [0.1, 0.15) is 37.6 Å². The molecule has 0 spiro atoms. The minimum Gasteiger partial charge on any atom is -0.508 e. The van der Waals surface area contributed by atoms with Crippen LogP contribution < -0.4 is 10.9 Å². The zero-order chi connectivity index (χ0) is 26.1. The van der Waals surface area contributed by atoms with Crippen LogP contribution in [0.4, 0.5) is 0 Å². The number of carbonyl (C=O) groups is 1. The summed E-state index contributed by atoms with van der Waals surface area (Å²) in [7, 11) is 1.95. The highest BCUT2D eigenvalue weighted by molar-refractivity contribution is 5.82. The number of carbonyl (C=O) groups excluding carboxylic acids is 1. The smallest absolute Gasteiger partial charge is 0.250 e.